The van der Waals surface area contributed by atoms with Gasteiger partial charge < -0.3 is 22.5 Å². The van der Waals surface area contributed by atoms with Crippen LogP contribution in [0, 0.1) is 0 Å². The molecule has 9 nitrogen and oxygen atoms in total. The lowest BCUT2D eigenvalue weighted by Crippen LogP contribution is -2.24. The van der Waals surface area contributed by atoms with E-state index in [1.54, 1.807) is 12.1 Å². The summed E-state index contributed by atoms with van der Waals surface area (Å²) in [7, 11) is 0. The number of hydrogen-bond acceptors (Lipinski definition) is 5. The van der Waals surface area contributed by atoms with E-state index >= 15 is 0 Å². The first kappa shape index (κ1) is 15.9. The maximum atomic E-state index is 11.9. The number of guanidine groups is 1. The number of nitrogens with two attached hydrogens (primary N) is 3. The highest BCUT2D eigenvalue weighted by molar-refractivity contribution is 6.05. The van der Waals surface area contributed by atoms with Crippen molar-refractivity contribution in [2.75, 3.05) is 11.1 Å². The van der Waals surface area contributed by atoms with Crippen LogP contribution >= 0.6 is 0 Å². The molecule has 2 rings (SSSR count). The lowest BCUT2D eigenvalue weighted by molar-refractivity contribution is -0.114. The van der Waals surface area contributed by atoms with Crippen LogP contribution in [-0.4, -0.2) is 27.7 Å². The molecule has 23 heavy (non-hydrogen) atoms. The number of rotatable bonds is 3. The van der Waals surface area contributed by atoms with Crippen molar-refractivity contribution in [1.29, 1.82) is 0 Å². The fourth-order valence-electron chi connectivity index (χ4n) is 1.84. The van der Waals surface area contributed by atoms with Crippen molar-refractivity contribution >= 4 is 29.4 Å². The van der Waals surface area contributed by atoms with Gasteiger partial charge in [-0.05, 0) is 23.8 Å². The molecule has 0 aliphatic carbocycles. The molecular formula is C14H15N7O2. The van der Waals surface area contributed by atoms with Crippen LogP contribution in [0.1, 0.15) is 17.3 Å². The fraction of sp³-hybridized carbons (Fsp3) is 0.0714. The van der Waals surface area contributed by atoms with E-state index in [0.29, 0.717) is 16.9 Å². The van der Waals surface area contributed by atoms with Crippen LogP contribution in [0.15, 0.2) is 35.6 Å². The van der Waals surface area contributed by atoms with Crippen LogP contribution in [0.2, 0.25) is 0 Å². The molecule has 9 heteroatoms. The first-order valence-corrected chi connectivity index (χ1v) is 6.50. The van der Waals surface area contributed by atoms with Crippen molar-refractivity contribution in [3.8, 4) is 11.1 Å². The van der Waals surface area contributed by atoms with E-state index < -0.39 is 5.91 Å². The summed E-state index contributed by atoms with van der Waals surface area (Å²) >= 11 is 0. The summed E-state index contributed by atoms with van der Waals surface area (Å²) in [5.41, 5.74) is 17.4. The van der Waals surface area contributed by atoms with Crippen LogP contribution in [0.4, 0.5) is 11.6 Å². The topological polar surface area (TPSA) is 162 Å². The Labute approximate surface area is 131 Å². The first-order chi connectivity index (χ1) is 10.9. The first-order valence-electron chi connectivity index (χ1n) is 6.50. The molecule has 2 aromatic rings. The highest BCUT2D eigenvalue weighted by Crippen LogP contribution is 2.24. The largest absolute Gasteiger partial charge is 0.383 e. The van der Waals surface area contributed by atoms with Gasteiger partial charge in [-0.25, -0.2) is 9.97 Å². The molecule has 0 unspecified atom stereocenters. The van der Waals surface area contributed by atoms with Gasteiger partial charge in [-0.3, -0.25) is 9.59 Å². The fourth-order valence-corrected chi connectivity index (χ4v) is 1.84. The highest BCUT2D eigenvalue weighted by Gasteiger charge is 2.13. The quantitative estimate of drug-likeness (QED) is 0.461. The molecule has 0 fully saturated rings. The Morgan fingerprint density at radius 2 is 1.91 bits per heavy atom. The summed E-state index contributed by atoms with van der Waals surface area (Å²) in [6, 6.07) is 4.86. The molecule has 2 amide bonds. The van der Waals surface area contributed by atoms with E-state index in [1.807, 2.05) is 0 Å². The summed E-state index contributed by atoms with van der Waals surface area (Å²) in [6.45, 7) is 1.38. The summed E-state index contributed by atoms with van der Waals surface area (Å²) in [5, 5.41) is 2.57. The third kappa shape index (κ3) is 4.00. The number of pyridine rings is 2. The van der Waals surface area contributed by atoms with E-state index in [0.717, 1.165) is 0 Å². The molecule has 0 saturated heterocycles. The number of carbonyl (C=O) groups is 2. The van der Waals surface area contributed by atoms with Crippen LogP contribution in [0.3, 0.4) is 0 Å². The van der Waals surface area contributed by atoms with Crippen LogP contribution < -0.4 is 22.5 Å². The van der Waals surface area contributed by atoms with E-state index in [1.165, 1.54) is 25.4 Å². The monoisotopic (exact) mass is 313 g/mol. The highest BCUT2D eigenvalue weighted by atomic mass is 16.2. The minimum atomic E-state index is -0.687. The van der Waals surface area contributed by atoms with E-state index in [9.17, 15) is 9.59 Å². The Morgan fingerprint density at radius 1 is 1.17 bits per heavy atom. The zero-order chi connectivity index (χ0) is 17.0. The number of nitrogens with zero attached hydrogens (tertiary/aromatic N) is 3. The summed E-state index contributed by atoms with van der Waals surface area (Å²) in [4.78, 5) is 34.5. The SMILES string of the molecule is CC(=O)Nc1cc(-c2cnc(N)c(C(=O)N=C(N)N)c2)ccn1. The molecule has 0 bridgehead atoms. The van der Waals surface area contributed by atoms with Gasteiger partial charge in [0.05, 0.1) is 5.56 Å². The van der Waals surface area contributed by atoms with E-state index in [2.05, 4.69) is 20.3 Å². The van der Waals surface area contributed by atoms with Crippen molar-refractivity contribution in [2.45, 2.75) is 6.92 Å². The lowest BCUT2D eigenvalue weighted by atomic mass is 10.1. The number of nitrogen functional groups attached to an aromatic ring is 1. The smallest absolute Gasteiger partial charge is 0.283 e. The van der Waals surface area contributed by atoms with Crippen LogP contribution in [0.5, 0.6) is 0 Å². The number of aromatic nitrogens is 2. The third-order valence-corrected chi connectivity index (χ3v) is 2.78. The van der Waals surface area contributed by atoms with Crippen molar-refractivity contribution in [1.82, 2.24) is 9.97 Å². The Morgan fingerprint density at radius 3 is 2.57 bits per heavy atom. The minimum absolute atomic E-state index is 0.0138. The molecule has 2 heterocycles. The number of hydrogen-bond donors (Lipinski definition) is 4. The van der Waals surface area contributed by atoms with Gasteiger partial charge in [0.2, 0.25) is 5.91 Å². The molecular weight excluding hydrogens is 298 g/mol. The Hall–Kier alpha value is -3.49. The zero-order valence-electron chi connectivity index (χ0n) is 12.3. The summed E-state index contributed by atoms with van der Waals surface area (Å²) < 4.78 is 0. The number of anilines is 2. The third-order valence-electron chi connectivity index (χ3n) is 2.78. The molecule has 0 atom stereocenters. The normalized spacial score (nSPS) is 9.96. The van der Waals surface area contributed by atoms with E-state index in [4.69, 9.17) is 17.2 Å². The van der Waals surface area contributed by atoms with Crippen LogP contribution in [-0.2, 0) is 4.79 Å². The van der Waals surface area contributed by atoms with Gasteiger partial charge in [-0.15, -0.1) is 0 Å². The molecule has 7 N–H and O–H groups in total. The second-order valence-electron chi connectivity index (χ2n) is 4.61. The van der Waals surface area contributed by atoms with Gasteiger partial charge in [0, 0.05) is 24.9 Å². The predicted octanol–water partition coefficient (Wildman–Crippen LogP) is 0.0978. The molecule has 0 saturated carbocycles. The number of nitrogens with one attached hydrogen (secondary N) is 1. The minimum Gasteiger partial charge on any atom is -0.383 e. The second kappa shape index (κ2) is 6.52. The van der Waals surface area contributed by atoms with Gasteiger partial charge in [0.1, 0.15) is 11.6 Å². The molecule has 0 aromatic carbocycles. The van der Waals surface area contributed by atoms with Gasteiger partial charge >= 0.3 is 0 Å². The van der Waals surface area contributed by atoms with Gasteiger partial charge in [0.25, 0.3) is 5.91 Å². The Kier molecular flexibility index (Phi) is 4.50. The molecule has 0 aliphatic heterocycles. The van der Waals surface area contributed by atoms with Crippen molar-refractivity contribution < 1.29 is 9.59 Å². The maximum Gasteiger partial charge on any atom is 0.283 e. The van der Waals surface area contributed by atoms with Gasteiger partial charge in [0.15, 0.2) is 5.96 Å². The summed E-state index contributed by atoms with van der Waals surface area (Å²) in [6.07, 6.45) is 3.02. The Bertz CT molecular complexity index is 797. The zero-order valence-corrected chi connectivity index (χ0v) is 12.3. The second-order valence-corrected chi connectivity index (χ2v) is 4.61. The van der Waals surface area contributed by atoms with Gasteiger partial charge in [-0.1, -0.05) is 0 Å². The Balaban J connectivity index is 2.43. The number of amides is 2. The summed E-state index contributed by atoms with van der Waals surface area (Å²) in [5.74, 6) is -0.901. The number of aliphatic imine (C=N–C) groups is 1. The molecule has 0 spiro atoms. The van der Waals surface area contributed by atoms with Crippen LogP contribution in [0.25, 0.3) is 11.1 Å². The predicted molar refractivity (Wildman–Crippen MR) is 86.3 cm³/mol. The molecule has 0 aliphatic rings. The van der Waals surface area contributed by atoms with Crippen molar-refractivity contribution in [3.05, 3.63) is 36.2 Å². The average Bonchev–Trinajstić information content (AvgIpc) is 2.46. The van der Waals surface area contributed by atoms with E-state index in [-0.39, 0.29) is 23.2 Å². The van der Waals surface area contributed by atoms with Crippen molar-refractivity contribution in [2.24, 2.45) is 16.5 Å². The maximum absolute atomic E-state index is 11.9. The molecule has 0 radical (unpaired) electrons. The standard InChI is InChI=1S/C14H15N7O2/c1-7(22)20-11-5-8(2-3-18-11)9-4-10(12(15)19-6-9)13(23)21-14(16)17/h2-6H,1H3,(H2,15,19)(H,18,20,22)(H4,16,17,21,23). The molecule has 118 valence electrons. The number of carbonyl (C=O) groups excluding carboxylic acids is 2. The molecule has 2 aromatic heterocycles. The van der Waals surface area contributed by atoms with Gasteiger partial charge in [-0.2, -0.15) is 4.99 Å². The lowest BCUT2D eigenvalue weighted by Gasteiger charge is -2.07. The van der Waals surface area contributed by atoms with Crippen molar-refractivity contribution in [3.63, 3.8) is 0 Å². The average molecular weight is 313 g/mol.